The van der Waals surface area contributed by atoms with E-state index in [1.165, 1.54) is 6.42 Å². The third-order valence-electron chi connectivity index (χ3n) is 1.22. The lowest BCUT2D eigenvalue weighted by molar-refractivity contribution is 0.582. The molecule has 0 aliphatic heterocycles. The van der Waals surface area contributed by atoms with Gasteiger partial charge >= 0.3 is 0 Å². The Morgan fingerprint density at radius 2 is 2.29 bits per heavy atom. The van der Waals surface area contributed by atoms with Crippen LogP contribution in [-0.2, 0) is 0 Å². The lowest BCUT2D eigenvalue weighted by Gasteiger charge is -2.04. The van der Waals surface area contributed by atoms with Gasteiger partial charge in [0.2, 0.25) is 0 Å². The van der Waals surface area contributed by atoms with Gasteiger partial charge in [0.05, 0.1) is 0 Å². The SMILES string of the molecule is [CH2]CC(CC)C[S]. The summed E-state index contributed by atoms with van der Waals surface area (Å²) in [6, 6.07) is 0. The van der Waals surface area contributed by atoms with E-state index in [4.69, 9.17) is 12.6 Å². The topological polar surface area (TPSA) is 0 Å². The van der Waals surface area contributed by atoms with E-state index in [-0.39, 0.29) is 0 Å². The molecule has 42 valence electrons. The van der Waals surface area contributed by atoms with E-state index in [0.29, 0.717) is 5.92 Å². The molecule has 0 amide bonds. The molecular weight excluding hydrogens is 104 g/mol. The maximum Gasteiger partial charge on any atom is 0.00652 e. The first-order valence-corrected chi connectivity index (χ1v) is 3.30. The van der Waals surface area contributed by atoms with Gasteiger partial charge in [-0.3, -0.25) is 0 Å². The summed E-state index contributed by atoms with van der Waals surface area (Å²) in [6.07, 6.45) is 2.19. The molecule has 2 radical (unpaired) electrons. The normalized spacial score (nSPS) is 10.3. The largest absolute Gasteiger partial charge is 0.0939 e. The summed E-state index contributed by atoms with van der Waals surface area (Å²) in [5.74, 6) is 1.56. The van der Waals surface area contributed by atoms with Crippen molar-refractivity contribution in [1.82, 2.24) is 0 Å². The van der Waals surface area contributed by atoms with Gasteiger partial charge in [-0.05, 0) is 12.3 Å². The Kier molecular flexibility index (Phi) is 4.73. The molecular formula is C6H12S. The molecule has 0 aliphatic rings. The number of hydrogen-bond acceptors (Lipinski definition) is 0. The highest BCUT2D eigenvalue weighted by Gasteiger charge is 1.97. The first kappa shape index (κ1) is 7.35. The van der Waals surface area contributed by atoms with Crippen LogP contribution in [0.2, 0.25) is 0 Å². The molecule has 1 atom stereocenters. The van der Waals surface area contributed by atoms with Gasteiger partial charge in [0.25, 0.3) is 0 Å². The molecule has 0 fully saturated rings. The van der Waals surface area contributed by atoms with Crippen LogP contribution in [0.1, 0.15) is 19.8 Å². The van der Waals surface area contributed by atoms with Crippen LogP contribution in [0.4, 0.5) is 0 Å². The highest BCUT2D eigenvalue weighted by atomic mass is 32.1. The molecule has 0 nitrogen and oxygen atoms in total. The first-order chi connectivity index (χ1) is 3.35. The molecule has 0 aromatic carbocycles. The number of hydrogen-bond donors (Lipinski definition) is 0. The van der Waals surface area contributed by atoms with Crippen molar-refractivity contribution in [2.75, 3.05) is 5.75 Å². The van der Waals surface area contributed by atoms with Crippen molar-refractivity contribution < 1.29 is 0 Å². The zero-order valence-electron chi connectivity index (χ0n) is 4.81. The van der Waals surface area contributed by atoms with Crippen molar-refractivity contribution in [2.45, 2.75) is 19.8 Å². The van der Waals surface area contributed by atoms with Crippen LogP contribution in [0, 0.1) is 12.8 Å². The standard InChI is InChI=1S/C6H12S/c1-3-6(4-2)5-7/h6H,1,3-5H2,2H3. The summed E-state index contributed by atoms with van der Waals surface area (Å²) in [6.45, 7) is 5.92. The Hall–Kier alpha value is 0.350. The average Bonchev–Trinajstić information content (AvgIpc) is 1.72. The van der Waals surface area contributed by atoms with Gasteiger partial charge < -0.3 is 0 Å². The fourth-order valence-corrected chi connectivity index (χ4v) is 0.808. The minimum absolute atomic E-state index is 0.690. The van der Waals surface area contributed by atoms with E-state index in [1.807, 2.05) is 0 Å². The van der Waals surface area contributed by atoms with Crippen LogP contribution in [0.15, 0.2) is 0 Å². The van der Waals surface area contributed by atoms with E-state index in [0.717, 1.165) is 12.2 Å². The molecule has 0 aromatic rings. The molecule has 0 bridgehead atoms. The lowest BCUT2D eigenvalue weighted by atomic mass is 10.1. The molecule has 0 spiro atoms. The van der Waals surface area contributed by atoms with Crippen LogP contribution in [-0.4, -0.2) is 5.75 Å². The Labute approximate surface area is 51.7 Å². The maximum atomic E-state index is 4.83. The van der Waals surface area contributed by atoms with Gasteiger partial charge in [-0.15, -0.1) is 0 Å². The van der Waals surface area contributed by atoms with Crippen LogP contribution in [0.3, 0.4) is 0 Å². The first-order valence-electron chi connectivity index (χ1n) is 2.72. The summed E-state index contributed by atoms with van der Waals surface area (Å²) in [4.78, 5) is 0. The molecule has 1 unspecified atom stereocenters. The summed E-state index contributed by atoms with van der Waals surface area (Å²) < 4.78 is 0. The van der Waals surface area contributed by atoms with Gasteiger partial charge in [0, 0.05) is 5.75 Å². The molecule has 0 heterocycles. The van der Waals surface area contributed by atoms with E-state index in [1.54, 1.807) is 0 Å². The second-order valence-corrected chi connectivity index (χ2v) is 2.06. The Balaban J connectivity index is 2.99. The minimum atomic E-state index is 0.690. The molecule has 0 saturated carbocycles. The van der Waals surface area contributed by atoms with E-state index < -0.39 is 0 Å². The van der Waals surface area contributed by atoms with Gasteiger partial charge in [-0.25, -0.2) is 0 Å². The molecule has 7 heavy (non-hydrogen) atoms. The zero-order chi connectivity index (χ0) is 5.70. The van der Waals surface area contributed by atoms with Gasteiger partial charge in [-0.2, -0.15) is 0 Å². The van der Waals surface area contributed by atoms with Crippen LogP contribution >= 0.6 is 12.6 Å². The zero-order valence-corrected chi connectivity index (χ0v) is 5.63. The second kappa shape index (κ2) is 4.51. The summed E-state index contributed by atoms with van der Waals surface area (Å²) in [5, 5.41) is 0. The molecule has 0 N–H and O–H groups in total. The predicted molar refractivity (Wildman–Crippen MR) is 36.2 cm³/mol. The quantitative estimate of drug-likeness (QED) is 0.531. The van der Waals surface area contributed by atoms with E-state index in [2.05, 4.69) is 13.8 Å². The Bertz CT molecular complexity index is 25.7. The maximum absolute atomic E-state index is 4.83. The molecule has 0 saturated heterocycles. The third-order valence-corrected chi connectivity index (χ3v) is 1.69. The van der Waals surface area contributed by atoms with Crippen molar-refractivity contribution in [3.63, 3.8) is 0 Å². The van der Waals surface area contributed by atoms with E-state index >= 15 is 0 Å². The third kappa shape index (κ3) is 2.98. The van der Waals surface area contributed by atoms with Crippen molar-refractivity contribution in [2.24, 2.45) is 5.92 Å². The highest BCUT2D eigenvalue weighted by Crippen LogP contribution is 2.07. The number of rotatable bonds is 3. The lowest BCUT2D eigenvalue weighted by Crippen LogP contribution is -1.96. The monoisotopic (exact) mass is 116 g/mol. The average molecular weight is 116 g/mol. The predicted octanol–water partition coefficient (Wildman–Crippen LogP) is 2.43. The summed E-state index contributed by atoms with van der Waals surface area (Å²) in [5.41, 5.74) is 0. The van der Waals surface area contributed by atoms with Crippen molar-refractivity contribution in [1.29, 1.82) is 0 Å². The molecule has 0 aromatic heterocycles. The van der Waals surface area contributed by atoms with Crippen molar-refractivity contribution in [3.05, 3.63) is 6.92 Å². The van der Waals surface area contributed by atoms with Crippen molar-refractivity contribution >= 4 is 12.6 Å². The summed E-state index contributed by atoms with van der Waals surface area (Å²) in [7, 11) is 0. The van der Waals surface area contributed by atoms with Gasteiger partial charge in [-0.1, -0.05) is 32.9 Å². The van der Waals surface area contributed by atoms with Crippen molar-refractivity contribution in [3.8, 4) is 0 Å². The Morgan fingerprint density at radius 3 is 2.29 bits per heavy atom. The van der Waals surface area contributed by atoms with Gasteiger partial charge in [0.15, 0.2) is 0 Å². The second-order valence-electron chi connectivity index (χ2n) is 1.73. The van der Waals surface area contributed by atoms with Gasteiger partial charge in [0.1, 0.15) is 0 Å². The summed E-state index contributed by atoms with van der Waals surface area (Å²) >= 11 is 4.83. The minimum Gasteiger partial charge on any atom is -0.0939 e. The fraction of sp³-hybridized carbons (Fsp3) is 0.833. The smallest absolute Gasteiger partial charge is 0.00652 e. The Morgan fingerprint density at radius 1 is 1.71 bits per heavy atom. The van der Waals surface area contributed by atoms with Crippen LogP contribution in [0.5, 0.6) is 0 Å². The highest BCUT2D eigenvalue weighted by molar-refractivity contribution is 7.80. The van der Waals surface area contributed by atoms with Crippen LogP contribution in [0.25, 0.3) is 0 Å². The van der Waals surface area contributed by atoms with E-state index in [9.17, 15) is 0 Å². The molecule has 1 heteroatoms. The fourth-order valence-electron chi connectivity index (χ4n) is 0.405. The molecule has 0 rings (SSSR count). The van der Waals surface area contributed by atoms with Crippen LogP contribution < -0.4 is 0 Å². The molecule has 0 aliphatic carbocycles.